The van der Waals surface area contributed by atoms with Crippen LogP contribution >= 0.6 is 0 Å². The topological polar surface area (TPSA) is 89.5 Å². The lowest BCUT2D eigenvalue weighted by molar-refractivity contribution is 0.0848. The molecule has 1 aliphatic carbocycles. The number of nitrogens with one attached hydrogen (secondary N) is 1. The second-order valence-corrected chi connectivity index (χ2v) is 6.76. The normalized spacial score (nSPS) is 22.6. The number of aromatic nitrogens is 2. The van der Waals surface area contributed by atoms with E-state index in [9.17, 15) is 9.90 Å². The Balaban J connectivity index is 1.42. The third-order valence-electron chi connectivity index (χ3n) is 4.92. The number of methoxy groups -OCH3 is 1. The van der Waals surface area contributed by atoms with Crippen molar-refractivity contribution in [1.82, 2.24) is 14.9 Å². The average molecular weight is 355 g/mol. The predicted octanol–water partition coefficient (Wildman–Crippen LogP) is 2.21. The summed E-state index contributed by atoms with van der Waals surface area (Å²) in [4.78, 5) is 16.6. The molecule has 1 aliphatic rings. The Bertz CT molecular complexity index is 903. The molecule has 0 bridgehead atoms. The molecule has 26 heavy (non-hydrogen) atoms. The van der Waals surface area contributed by atoms with Gasteiger partial charge in [-0.2, -0.15) is 0 Å². The minimum atomic E-state index is -0.558. The SMILES string of the molecule is COc1ccc2oc(C(=O)N[C@@H]3CC(Cn4ccnc4)C[C@H]3O)cc2c1. The van der Waals surface area contributed by atoms with Crippen LogP contribution in [0.25, 0.3) is 11.0 Å². The number of carbonyl (C=O) groups is 1. The van der Waals surface area contributed by atoms with Gasteiger partial charge in [0.15, 0.2) is 5.76 Å². The Morgan fingerprint density at radius 1 is 1.42 bits per heavy atom. The number of hydrogen-bond donors (Lipinski definition) is 2. The van der Waals surface area contributed by atoms with Crippen molar-refractivity contribution in [1.29, 1.82) is 0 Å². The van der Waals surface area contributed by atoms with E-state index in [0.717, 1.165) is 18.4 Å². The van der Waals surface area contributed by atoms with E-state index in [1.807, 2.05) is 16.8 Å². The summed E-state index contributed by atoms with van der Waals surface area (Å²) in [5, 5.41) is 14.0. The number of benzene rings is 1. The Morgan fingerprint density at radius 2 is 2.31 bits per heavy atom. The lowest BCUT2D eigenvalue weighted by Crippen LogP contribution is -2.39. The molecule has 1 fully saturated rings. The number of nitrogens with zero attached hydrogens (tertiary/aromatic N) is 2. The fourth-order valence-electron chi connectivity index (χ4n) is 3.62. The summed E-state index contributed by atoms with van der Waals surface area (Å²) in [5.41, 5.74) is 0.626. The van der Waals surface area contributed by atoms with Crippen molar-refractivity contribution < 1.29 is 19.1 Å². The molecule has 0 spiro atoms. The van der Waals surface area contributed by atoms with Gasteiger partial charge in [-0.25, -0.2) is 4.98 Å². The molecule has 2 N–H and O–H groups in total. The second-order valence-electron chi connectivity index (χ2n) is 6.76. The maximum atomic E-state index is 12.5. The van der Waals surface area contributed by atoms with Crippen molar-refractivity contribution in [2.24, 2.45) is 5.92 Å². The molecule has 1 saturated carbocycles. The van der Waals surface area contributed by atoms with Gasteiger partial charge in [-0.3, -0.25) is 4.79 Å². The number of amides is 1. The molecular weight excluding hydrogens is 334 g/mol. The van der Waals surface area contributed by atoms with E-state index in [0.29, 0.717) is 23.7 Å². The van der Waals surface area contributed by atoms with Crippen LogP contribution in [0.1, 0.15) is 23.4 Å². The number of hydrogen-bond acceptors (Lipinski definition) is 5. The first kappa shape index (κ1) is 16.7. The van der Waals surface area contributed by atoms with Gasteiger partial charge < -0.3 is 24.1 Å². The number of imidazole rings is 1. The van der Waals surface area contributed by atoms with Crippen molar-refractivity contribution >= 4 is 16.9 Å². The second kappa shape index (κ2) is 6.84. The summed E-state index contributed by atoms with van der Waals surface area (Å²) in [5.74, 6) is 0.925. The van der Waals surface area contributed by atoms with Gasteiger partial charge in [-0.05, 0) is 43.0 Å². The fraction of sp³-hybridized carbons (Fsp3) is 0.368. The van der Waals surface area contributed by atoms with Crippen LogP contribution in [0.4, 0.5) is 0 Å². The molecule has 136 valence electrons. The minimum absolute atomic E-state index is 0.235. The first-order chi connectivity index (χ1) is 12.6. The Hall–Kier alpha value is -2.80. The molecule has 1 aromatic carbocycles. The number of ether oxygens (including phenoxy) is 1. The highest BCUT2D eigenvalue weighted by molar-refractivity contribution is 5.96. The maximum absolute atomic E-state index is 12.5. The molecule has 0 aliphatic heterocycles. The van der Waals surface area contributed by atoms with Gasteiger partial charge in [-0.15, -0.1) is 0 Å². The van der Waals surface area contributed by atoms with E-state index in [4.69, 9.17) is 9.15 Å². The Morgan fingerprint density at radius 3 is 3.08 bits per heavy atom. The molecule has 1 amide bonds. The molecule has 0 saturated heterocycles. The van der Waals surface area contributed by atoms with Crippen LogP contribution in [0.3, 0.4) is 0 Å². The van der Waals surface area contributed by atoms with E-state index in [-0.39, 0.29) is 17.7 Å². The molecule has 7 heteroatoms. The fourth-order valence-corrected chi connectivity index (χ4v) is 3.62. The average Bonchev–Trinajstić information content (AvgIpc) is 3.35. The highest BCUT2D eigenvalue weighted by atomic mass is 16.5. The zero-order valence-electron chi connectivity index (χ0n) is 14.5. The molecule has 7 nitrogen and oxygen atoms in total. The third kappa shape index (κ3) is 3.30. The van der Waals surface area contributed by atoms with E-state index in [2.05, 4.69) is 10.3 Å². The van der Waals surface area contributed by atoms with Gasteiger partial charge in [0, 0.05) is 24.3 Å². The van der Waals surface area contributed by atoms with E-state index in [1.165, 1.54) is 0 Å². The number of fused-ring (bicyclic) bond motifs is 1. The number of aliphatic hydroxyl groups excluding tert-OH is 1. The van der Waals surface area contributed by atoms with Crippen LogP contribution in [0.15, 0.2) is 47.4 Å². The summed E-state index contributed by atoms with van der Waals surface area (Å²) in [6.45, 7) is 0.786. The van der Waals surface area contributed by atoms with Crippen molar-refractivity contribution in [3.8, 4) is 5.75 Å². The molecule has 0 radical (unpaired) electrons. The quantitative estimate of drug-likeness (QED) is 0.732. The predicted molar refractivity (Wildman–Crippen MR) is 95.0 cm³/mol. The Kier molecular flexibility index (Phi) is 4.38. The highest BCUT2D eigenvalue weighted by Crippen LogP contribution is 2.29. The molecule has 3 aromatic rings. The van der Waals surface area contributed by atoms with E-state index >= 15 is 0 Å². The molecule has 1 unspecified atom stereocenters. The number of carbonyl (C=O) groups excluding carboxylic acids is 1. The van der Waals surface area contributed by atoms with Crippen LogP contribution in [0.5, 0.6) is 5.75 Å². The minimum Gasteiger partial charge on any atom is -0.497 e. The molecule has 4 rings (SSSR count). The molecule has 3 atom stereocenters. The van der Waals surface area contributed by atoms with Crippen molar-refractivity contribution in [3.05, 3.63) is 48.7 Å². The van der Waals surface area contributed by atoms with Crippen LogP contribution in [-0.4, -0.2) is 39.8 Å². The monoisotopic (exact) mass is 355 g/mol. The molecule has 2 heterocycles. The van der Waals surface area contributed by atoms with Gasteiger partial charge in [-0.1, -0.05) is 0 Å². The third-order valence-corrected chi connectivity index (χ3v) is 4.92. The smallest absolute Gasteiger partial charge is 0.287 e. The number of aliphatic hydroxyl groups is 1. The summed E-state index contributed by atoms with van der Waals surface area (Å²) < 4.78 is 12.8. The standard InChI is InChI=1S/C19H21N3O4/c1-25-14-2-3-17-13(8-14)9-18(26-17)19(24)21-15-6-12(7-16(15)23)10-22-5-4-20-11-22/h2-5,8-9,11-12,15-16,23H,6-7,10H2,1H3,(H,21,24)/t12?,15-,16-/m1/s1. The van der Waals surface area contributed by atoms with Crippen LogP contribution < -0.4 is 10.1 Å². The lowest BCUT2D eigenvalue weighted by Gasteiger charge is -2.15. The summed E-state index contributed by atoms with van der Waals surface area (Å²) in [6.07, 6.45) is 6.22. The van der Waals surface area contributed by atoms with Gasteiger partial charge in [0.2, 0.25) is 0 Å². The van der Waals surface area contributed by atoms with Crippen LogP contribution in [0, 0.1) is 5.92 Å². The van der Waals surface area contributed by atoms with E-state index < -0.39 is 6.10 Å². The van der Waals surface area contributed by atoms with E-state index in [1.54, 1.807) is 37.8 Å². The lowest BCUT2D eigenvalue weighted by atomic mass is 10.1. The van der Waals surface area contributed by atoms with Crippen LogP contribution in [-0.2, 0) is 6.54 Å². The number of furan rings is 1. The van der Waals surface area contributed by atoms with Gasteiger partial charge in [0.05, 0.1) is 25.6 Å². The van der Waals surface area contributed by atoms with Gasteiger partial charge in [0.25, 0.3) is 5.91 Å². The summed E-state index contributed by atoms with van der Waals surface area (Å²) in [6, 6.07) is 6.79. The summed E-state index contributed by atoms with van der Waals surface area (Å²) >= 11 is 0. The zero-order chi connectivity index (χ0) is 18.1. The highest BCUT2D eigenvalue weighted by Gasteiger charge is 2.34. The Labute approximate surface area is 150 Å². The van der Waals surface area contributed by atoms with Crippen LogP contribution in [0.2, 0.25) is 0 Å². The maximum Gasteiger partial charge on any atom is 0.287 e. The number of rotatable bonds is 5. The largest absolute Gasteiger partial charge is 0.497 e. The molecule has 2 aromatic heterocycles. The first-order valence-corrected chi connectivity index (χ1v) is 8.64. The van der Waals surface area contributed by atoms with Gasteiger partial charge >= 0.3 is 0 Å². The van der Waals surface area contributed by atoms with Crippen molar-refractivity contribution in [3.63, 3.8) is 0 Å². The molecular formula is C19H21N3O4. The van der Waals surface area contributed by atoms with Crippen molar-refractivity contribution in [2.75, 3.05) is 7.11 Å². The van der Waals surface area contributed by atoms with Crippen molar-refractivity contribution in [2.45, 2.75) is 31.5 Å². The van der Waals surface area contributed by atoms with Gasteiger partial charge in [0.1, 0.15) is 11.3 Å². The summed E-state index contributed by atoms with van der Waals surface area (Å²) in [7, 11) is 1.59. The zero-order valence-corrected chi connectivity index (χ0v) is 14.5. The first-order valence-electron chi connectivity index (χ1n) is 8.64.